The molecule has 0 fully saturated rings. The van der Waals surface area contributed by atoms with Gasteiger partial charge in [0.2, 0.25) is 10.0 Å². The molecule has 1 amide bonds. The molecule has 0 aromatic heterocycles. The predicted molar refractivity (Wildman–Crippen MR) is 92.8 cm³/mol. The monoisotopic (exact) mass is 382 g/mol. The predicted octanol–water partition coefficient (Wildman–Crippen LogP) is 2.44. The SMILES string of the molecule is Cc1ccc2c(c1)N(S(C)(=O)=O)C[C@@H](C(=O)Nc1ccc(F)cc1F)O2. The standard InChI is InChI=1S/C17H16F2N2O4S/c1-10-3-6-15-14(7-10)21(26(2,23)24)9-16(25-15)17(22)20-13-5-4-11(18)8-12(13)19/h3-8,16H,9H2,1-2H3,(H,20,22)/t16-/m0/s1. The Morgan fingerprint density at radius 1 is 1.23 bits per heavy atom. The molecular formula is C17H16F2N2O4S. The van der Waals surface area contributed by atoms with Gasteiger partial charge in [-0.2, -0.15) is 0 Å². The summed E-state index contributed by atoms with van der Waals surface area (Å²) in [6, 6.07) is 7.65. The first-order valence-corrected chi connectivity index (χ1v) is 9.51. The summed E-state index contributed by atoms with van der Waals surface area (Å²) in [6.07, 6.45) is -0.164. The van der Waals surface area contributed by atoms with Crippen LogP contribution >= 0.6 is 0 Å². The highest BCUT2D eigenvalue weighted by molar-refractivity contribution is 7.92. The van der Waals surface area contributed by atoms with Crippen LogP contribution in [0.2, 0.25) is 0 Å². The van der Waals surface area contributed by atoms with Crippen LogP contribution in [0.3, 0.4) is 0 Å². The number of hydrogen-bond donors (Lipinski definition) is 1. The van der Waals surface area contributed by atoms with Gasteiger partial charge in [-0.1, -0.05) is 6.07 Å². The van der Waals surface area contributed by atoms with E-state index in [1.165, 1.54) is 0 Å². The maximum atomic E-state index is 13.7. The van der Waals surface area contributed by atoms with Crippen LogP contribution in [0, 0.1) is 18.6 Å². The van der Waals surface area contributed by atoms with Crippen LogP contribution in [-0.4, -0.2) is 33.2 Å². The number of amides is 1. The largest absolute Gasteiger partial charge is 0.476 e. The fourth-order valence-electron chi connectivity index (χ4n) is 2.62. The molecule has 1 atom stereocenters. The lowest BCUT2D eigenvalue weighted by Gasteiger charge is -2.34. The summed E-state index contributed by atoms with van der Waals surface area (Å²) < 4.78 is 57.6. The number of nitrogens with one attached hydrogen (secondary N) is 1. The first-order valence-electron chi connectivity index (χ1n) is 7.66. The second-order valence-electron chi connectivity index (χ2n) is 5.99. The first-order chi connectivity index (χ1) is 12.1. The molecule has 0 radical (unpaired) electrons. The van der Waals surface area contributed by atoms with Crippen LogP contribution in [0.1, 0.15) is 5.56 Å². The van der Waals surface area contributed by atoms with Gasteiger partial charge in [0.25, 0.3) is 5.91 Å². The van der Waals surface area contributed by atoms with Gasteiger partial charge >= 0.3 is 0 Å². The molecule has 2 aromatic rings. The number of carbonyl (C=O) groups is 1. The number of nitrogens with zero attached hydrogens (tertiary/aromatic N) is 1. The van der Waals surface area contributed by atoms with Crippen molar-refractivity contribution < 1.29 is 26.7 Å². The summed E-state index contributed by atoms with van der Waals surface area (Å²) in [5, 5.41) is 2.29. The van der Waals surface area contributed by atoms with E-state index in [1.54, 1.807) is 25.1 Å². The molecule has 9 heteroatoms. The number of fused-ring (bicyclic) bond motifs is 1. The zero-order valence-electron chi connectivity index (χ0n) is 14.0. The highest BCUT2D eigenvalue weighted by atomic mass is 32.2. The number of aryl methyl sites for hydroxylation is 1. The van der Waals surface area contributed by atoms with Crippen molar-refractivity contribution in [2.24, 2.45) is 0 Å². The lowest BCUT2D eigenvalue weighted by Crippen LogP contribution is -2.48. The molecule has 0 bridgehead atoms. The van der Waals surface area contributed by atoms with Gasteiger partial charge in [0.05, 0.1) is 24.2 Å². The highest BCUT2D eigenvalue weighted by Crippen LogP contribution is 2.36. The highest BCUT2D eigenvalue weighted by Gasteiger charge is 2.35. The smallest absolute Gasteiger partial charge is 0.267 e. The van der Waals surface area contributed by atoms with Gasteiger partial charge in [-0.3, -0.25) is 9.10 Å². The second-order valence-corrected chi connectivity index (χ2v) is 7.89. The maximum Gasteiger partial charge on any atom is 0.267 e. The summed E-state index contributed by atoms with van der Waals surface area (Å²) in [7, 11) is -3.66. The molecule has 6 nitrogen and oxygen atoms in total. The molecule has 138 valence electrons. The number of hydrogen-bond acceptors (Lipinski definition) is 4. The number of rotatable bonds is 3. The minimum absolute atomic E-state index is 0.222. The van der Waals surface area contributed by atoms with Crippen LogP contribution in [-0.2, 0) is 14.8 Å². The fraction of sp³-hybridized carbons (Fsp3) is 0.235. The average Bonchev–Trinajstić information content (AvgIpc) is 2.55. The van der Waals surface area contributed by atoms with Gasteiger partial charge in [0.15, 0.2) is 6.10 Å². The zero-order valence-corrected chi connectivity index (χ0v) is 14.8. The van der Waals surface area contributed by atoms with Crippen molar-refractivity contribution in [1.29, 1.82) is 0 Å². The lowest BCUT2D eigenvalue weighted by molar-refractivity contribution is -0.122. The van der Waals surface area contributed by atoms with Crippen molar-refractivity contribution >= 4 is 27.3 Å². The second kappa shape index (κ2) is 6.56. The number of sulfonamides is 1. The van der Waals surface area contributed by atoms with Gasteiger partial charge in [-0.15, -0.1) is 0 Å². The third-order valence-electron chi connectivity index (χ3n) is 3.87. The summed E-state index contributed by atoms with van der Waals surface area (Å²) >= 11 is 0. The maximum absolute atomic E-state index is 13.7. The minimum atomic E-state index is -3.66. The Morgan fingerprint density at radius 2 is 1.96 bits per heavy atom. The van der Waals surface area contributed by atoms with E-state index in [2.05, 4.69) is 5.32 Å². The van der Waals surface area contributed by atoms with E-state index in [4.69, 9.17) is 4.74 Å². The fourth-order valence-corrected chi connectivity index (χ4v) is 3.52. The Bertz CT molecular complexity index is 979. The van der Waals surface area contributed by atoms with Gasteiger partial charge < -0.3 is 10.1 Å². The van der Waals surface area contributed by atoms with Crippen LogP contribution in [0.15, 0.2) is 36.4 Å². The number of halogens is 2. The van der Waals surface area contributed by atoms with E-state index in [-0.39, 0.29) is 18.0 Å². The van der Waals surface area contributed by atoms with Crippen LogP contribution in [0.25, 0.3) is 0 Å². The van der Waals surface area contributed by atoms with E-state index in [0.717, 1.165) is 28.3 Å². The van der Waals surface area contributed by atoms with Crippen LogP contribution in [0.5, 0.6) is 5.75 Å². The molecule has 1 aliphatic rings. The van der Waals surface area contributed by atoms with Crippen molar-refractivity contribution in [3.63, 3.8) is 0 Å². The molecule has 1 aliphatic heterocycles. The normalized spacial score (nSPS) is 16.6. The van der Waals surface area contributed by atoms with Crippen LogP contribution < -0.4 is 14.4 Å². The third-order valence-corrected chi connectivity index (χ3v) is 5.01. The van der Waals surface area contributed by atoms with Crippen molar-refractivity contribution in [3.05, 3.63) is 53.6 Å². The van der Waals surface area contributed by atoms with Gasteiger partial charge in [-0.25, -0.2) is 17.2 Å². The number of anilines is 2. The van der Waals surface area contributed by atoms with Gasteiger partial charge in [0.1, 0.15) is 17.4 Å². The Balaban J connectivity index is 1.89. The van der Waals surface area contributed by atoms with Gasteiger partial charge in [-0.05, 0) is 36.8 Å². The summed E-state index contributed by atoms with van der Waals surface area (Å²) in [5.74, 6) is -2.23. The summed E-state index contributed by atoms with van der Waals surface area (Å²) in [4.78, 5) is 12.4. The van der Waals surface area contributed by atoms with E-state index < -0.39 is 33.7 Å². The molecule has 3 rings (SSSR count). The average molecular weight is 382 g/mol. The molecule has 0 aliphatic carbocycles. The molecule has 0 saturated heterocycles. The number of benzene rings is 2. The molecule has 2 aromatic carbocycles. The van der Waals surface area contributed by atoms with Crippen molar-refractivity contribution in [2.45, 2.75) is 13.0 Å². The molecular weight excluding hydrogens is 366 g/mol. The molecule has 1 N–H and O–H groups in total. The Kier molecular flexibility index (Phi) is 4.57. The topological polar surface area (TPSA) is 75.7 Å². The first kappa shape index (κ1) is 18.1. The number of carbonyl (C=O) groups excluding carboxylic acids is 1. The van der Waals surface area contributed by atoms with Crippen LogP contribution in [0.4, 0.5) is 20.2 Å². The summed E-state index contributed by atoms with van der Waals surface area (Å²) in [5.41, 5.74) is 0.947. The van der Waals surface area contributed by atoms with Crippen molar-refractivity contribution in [3.8, 4) is 5.75 Å². The Morgan fingerprint density at radius 3 is 2.62 bits per heavy atom. The zero-order chi connectivity index (χ0) is 19.1. The van der Waals surface area contributed by atoms with Crippen molar-refractivity contribution in [1.82, 2.24) is 0 Å². The third kappa shape index (κ3) is 3.62. The molecule has 1 heterocycles. The van der Waals surface area contributed by atoms with E-state index in [9.17, 15) is 22.0 Å². The Hall–Kier alpha value is -2.68. The molecule has 0 spiro atoms. The summed E-state index contributed by atoms with van der Waals surface area (Å²) in [6.45, 7) is 1.54. The molecule has 26 heavy (non-hydrogen) atoms. The quantitative estimate of drug-likeness (QED) is 0.885. The Labute approximate surface area is 149 Å². The molecule has 0 saturated carbocycles. The minimum Gasteiger partial charge on any atom is -0.476 e. The van der Waals surface area contributed by atoms with E-state index in [1.807, 2.05) is 0 Å². The van der Waals surface area contributed by atoms with E-state index in [0.29, 0.717) is 11.8 Å². The lowest BCUT2D eigenvalue weighted by atomic mass is 10.1. The molecule has 0 unspecified atom stereocenters. The van der Waals surface area contributed by atoms with Crippen molar-refractivity contribution in [2.75, 3.05) is 22.4 Å². The van der Waals surface area contributed by atoms with Gasteiger partial charge in [0, 0.05) is 6.07 Å². The van der Waals surface area contributed by atoms with E-state index >= 15 is 0 Å². The number of ether oxygens (including phenoxy) is 1.